The summed E-state index contributed by atoms with van der Waals surface area (Å²) in [6.45, 7) is 5.71. The summed E-state index contributed by atoms with van der Waals surface area (Å²) < 4.78 is 0. The van der Waals surface area contributed by atoms with Crippen LogP contribution in [0, 0.1) is 0 Å². The first-order valence-corrected chi connectivity index (χ1v) is 7.10. The summed E-state index contributed by atoms with van der Waals surface area (Å²) in [5, 5.41) is 0. The molecule has 0 saturated carbocycles. The van der Waals surface area contributed by atoms with Crippen molar-refractivity contribution in [2.75, 3.05) is 0 Å². The van der Waals surface area contributed by atoms with Gasteiger partial charge in [-0.2, -0.15) is 0 Å². The molecule has 1 nitrogen and oxygen atoms in total. The summed E-state index contributed by atoms with van der Waals surface area (Å²) in [7, 11) is 0. The molecule has 0 saturated heterocycles. The van der Waals surface area contributed by atoms with Crippen molar-refractivity contribution in [1.29, 1.82) is 0 Å². The Balaban J connectivity index is 3.10. The lowest BCUT2D eigenvalue weighted by molar-refractivity contribution is -0.119. The molecule has 0 aromatic heterocycles. The minimum absolute atomic E-state index is 0.446. The van der Waals surface area contributed by atoms with E-state index in [1.54, 1.807) is 0 Å². The minimum atomic E-state index is 0.446. The molecule has 0 aromatic carbocycles. The van der Waals surface area contributed by atoms with Crippen LogP contribution < -0.4 is 0 Å². The maximum absolute atomic E-state index is 11.3. The van der Waals surface area contributed by atoms with Crippen LogP contribution in [0.15, 0.2) is 24.8 Å². The summed E-state index contributed by atoms with van der Waals surface area (Å²) in [5.74, 6) is 0.446. The molecular formula is C16H28O. The van der Waals surface area contributed by atoms with Crippen LogP contribution in [0.3, 0.4) is 0 Å². The lowest BCUT2D eigenvalue weighted by Gasteiger charge is -2.00. The Morgan fingerprint density at radius 2 is 1.65 bits per heavy atom. The second kappa shape index (κ2) is 13.2. The number of carbonyl (C=O) groups excluding carboxylic acids is 1. The molecule has 0 radical (unpaired) electrons. The van der Waals surface area contributed by atoms with Crippen molar-refractivity contribution in [3.05, 3.63) is 24.8 Å². The Labute approximate surface area is 107 Å². The van der Waals surface area contributed by atoms with Gasteiger partial charge in [0.1, 0.15) is 5.78 Å². The lowest BCUT2D eigenvalue weighted by Crippen LogP contribution is -1.96. The van der Waals surface area contributed by atoms with Gasteiger partial charge in [-0.25, -0.2) is 0 Å². The Morgan fingerprint density at radius 3 is 2.29 bits per heavy atom. The van der Waals surface area contributed by atoms with E-state index in [0.717, 1.165) is 25.7 Å². The van der Waals surface area contributed by atoms with Crippen molar-refractivity contribution in [1.82, 2.24) is 0 Å². The molecular weight excluding hydrogens is 208 g/mol. The molecule has 0 aliphatic heterocycles. The van der Waals surface area contributed by atoms with E-state index in [0.29, 0.717) is 5.78 Å². The molecule has 0 atom stereocenters. The fourth-order valence-corrected chi connectivity index (χ4v) is 1.89. The van der Waals surface area contributed by atoms with Crippen LogP contribution in [0.4, 0.5) is 0 Å². The van der Waals surface area contributed by atoms with Gasteiger partial charge in [0.05, 0.1) is 0 Å². The maximum atomic E-state index is 11.3. The van der Waals surface area contributed by atoms with Gasteiger partial charge in [-0.15, -0.1) is 0 Å². The Bertz CT molecular complexity index is 216. The number of rotatable bonds is 12. The summed E-state index contributed by atoms with van der Waals surface area (Å²) >= 11 is 0. The predicted molar refractivity (Wildman–Crippen MR) is 76.2 cm³/mol. The van der Waals surface area contributed by atoms with Crippen molar-refractivity contribution in [2.24, 2.45) is 0 Å². The number of Topliss-reactive ketones (excluding diaryl/α,β-unsaturated/α-hetero) is 1. The van der Waals surface area contributed by atoms with Crippen molar-refractivity contribution >= 4 is 5.78 Å². The number of allylic oxidation sites excluding steroid dienone is 3. The first-order valence-electron chi connectivity index (χ1n) is 7.10. The molecule has 0 spiro atoms. The number of hydrogen-bond donors (Lipinski definition) is 0. The second-order valence-electron chi connectivity index (χ2n) is 4.61. The van der Waals surface area contributed by atoms with Gasteiger partial charge in [-0.3, -0.25) is 4.79 Å². The van der Waals surface area contributed by atoms with E-state index in [1.807, 2.05) is 12.2 Å². The third kappa shape index (κ3) is 13.1. The molecule has 0 N–H and O–H groups in total. The van der Waals surface area contributed by atoms with Crippen LogP contribution in [0.2, 0.25) is 0 Å². The highest BCUT2D eigenvalue weighted by Gasteiger charge is 1.99. The van der Waals surface area contributed by atoms with Crippen molar-refractivity contribution in [3.8, 4) is 0 Å². The van der Waals surface area contributed by atoms with Crippen LogP contribution in [-0.2, 0) is 4.79 Å². The van der Waals surface area contributed by atoms with E-state index < -0.39 is 0 Å². The topological polar surface area (TPSA) is 17.1 Å². The molecule has 0 aliphatic rings. The molecule has 1 heteroatoms. The molecule has 0 unspecified atom stereocenters. The Kier molecular flexibility index (Phi) is 12.6. The fraction of sp³-hybridized carbons (Fsp3) is 0.688. The first-order chi connectivity index (χ1) is 8.31. The van der Waals surface area contributed by atoms with E-state index >= 15 is 0 Å². The average Bonchev–Trinajstić information content (AvgIpc) is 2.32. The van der Waals surface area contributed by atoms with Gasteiger partial charge < -0.3 is 0 Å². The van der Waals surface area contributed by atoms with E-state index in [1.165, 1.54) is 38.5 Å². The highest BCUT2D eigenvalue weighted by atomic mass is 16.1. The van der Waals surface area contributed by atoms with Crippen LogP contribution in [-0.4, -0.2) is 5.78 Å². The van der Waals surface area contributed by atoms with E-state index in [4.69, 9.17) is 0 Å². The number of unbranched alkanes of at least 4 members (excludes halogenated alkanes) is 6. The zero-order valence-electron chi connectivity index (χ0n) is 11.4. The number of ketones is 1. The van der Waals surface area contributed by atoms with Gasteiger partial charge >= 0.3 is 0 Å². The Hall–Kier alpha value is -0.850. The Morgan fingerprint density at radius 1 is 1.00 bits per heavy atom. The number of hydrogen-bond acceptors (Lipinski definition) is 1. The smallest absolute Gasteiger partial charge is 0.132 e. The van der Waals surface area contributed by atoms with Gasteiger partial charge in [-0.1, -0.05) is 57.4 Å². The molecule has 0 heterocycles. The zero-order chi connectivity index (χ0) is 12.8. The average molecular weight is 236 g/mol. The van der Waals surface area contributed by atoms with Gasteiger partial charge in [0.25, 0.3) is 0 Å². The van der Waals surface area contributed by atoms with Gasteiger partial charge in [0.15, 0.2) is 0 Å². The van der Waals surface area contributed by atoms with Crippen molar-refractivity contribution in [2.45, 2.75) is 71.1 Å². The highest BCUT2D eigenvalue weighted by Crippen LogP contribution is 2.10. The van der Waals surface area contributed by atoms with E-state index in [2.05, 4.69) is 19.6 Å². The van der Waals surface area contributed by atoms with Gasteiger partial charge in [0.2, 0.25) is 0 Å². The molecule has 17 heavy (non-hydrogen) atoms. The van der Waals surface area contributed by atoms with E-state index in [9.17, 15) is 4.79 Å². The monoisotopic (exact) mass is 236 g/mol. The molecule has 98 valence electrons. The van der Waals surface area contributed by atoms with Crippen molar-refractivity contribution < 1.29 is 4.79 Å². The quantitative estimate of drug-likeness (QED) is 0.335. The standard InChI is InChI=1S/C16H28O/c1-3-5-6-7-8-9-10-11-12-13-15-16(17)14-4-2/h3,5-6H,1,4,7-15H2,2H3/b6-5-. The minimum Gasteiger partial charge on any atom is -0.300 e. The summed E-state index contributed by atoms with van der Waals surface area (Å²) in [6.07, 6.45) is 17.2. The zero-order valence-corrected chi connectivity index (χ0v) is 11.4. The summed E-state index contributed by atoms with van der Waals surface area (Å²) in [6, 6.07) is 0. The largest absolute Gasteiger partial charge is 0.300 e. The third-order valence-corrected chi connectivity index (χ3v) is 2.88. The SMILES string of the molecule is C=C/C=C\CCCCCCCCC(=O)CCC. The van der Waals surface area contributed by atoms with Crippen LogP contribution in [0.5, 0.6) is 0 Å². The molecule has 0 bridgehead atoms. The fourth-order valence-electron chi connectivity index (χ4n) is 1.89. The summed E-state index contributed by atoms with van der Waals surface area (Å²) in [5.41, 5.74) is 0. The molecule has 0 amide bonds. The second-order valence-corrected chi connectivity index (χ2v) is 4.61. The lowest BCUT2D eigenvalue weighted by atomic mass is 10.1. The number of carbonyl (C=O) groups is 1. The van der Waals surface area contributed by atoms with E-state index in [-0.39, 0.29) is 0 Å². The summed E-state index contributed by atoms with van der Waals surface area (Å²) in [4.78, 5) is 11.3. The molecule has 0 aliphatic carbocycles. The predicted octanol–water partition coefficient (Wildman–Crippen LogP) is 5.22. The first kappa shape index (κ1) is 16.1. The molecule has 0 fully saturated rings. The van der Waals surface area contributed by atoms with Crippen molar-refractivity contribution in [3.63, 3.8) is 0 Å². The molecule has 0 aromatic rings. The maximum Gasteiger partial charge on any atom is 0.132 e. The van der Waals surface area contributed by atoms with Gasteiger partial charge in [-0.05, 0) is 25.7 Å². The highest BCUT2D eigenvalue weighted by molar-refractivity contribution is 5.78. The van der Waals surface area contributed by atoms with Crippen LogP contribution in [0.1, 0.15) is 71.1 Å². The normalized spacial score (nSPS) is 10.9. The van der Waals surface area contributed by atoms with Crippen LogP contribution in [0.25, 0.3) is 0 Å². The van der Waals surface area contributed by atoms with Crippen LogP contribution >= 0.6 is 0 Å². The third-order valence-electron chi connectivity index (χ3n) is 2.88. The van der Waals surface area contributed by atoms with Gasteiger partial charge in [0, 0.05) is 12.8 Å². The molecule has 0 rings (SSSR count).